The van der Waals surface area contributed by atoms with Crippen molar-refractivity contribution in [2.45, 2.75) is 33.3 Å². The first-order valence-corrected chi connectivity index (χ1v) is 9.06. The van der Waals surface area contributed by atoms with Crippen molar-refractivity contribution in [3.8, 4) is 0 Å². The number of nitrogens with one attached hydrogen (secondary N) is 1. The number of anilines is 1. The minimum absolute atomic E-state index is 0.0441. The highest BCUT2D eigenvalue weighted by Gasteiger charge is 2.39. The number of fused-ring (bicyclic) bond motifs is 1. The summed E-state index contributed by atoms with van der Waals surface area (Å²) in [6.45, 7) is 6.68. The van der Waals surface area contributed by atoms with Crippen molar-refractivity contribution >= 4 is 40.3 Å². The number of amides is 3. The smallest absolute Gasteiger partial charge is 0.413 e. The fraction of sp³-hybridized carbons (Fsp3) is 0.278. The lowest BCUT2D eigenvalue weighted by atomic mass is 10.1. The Morgan fingerprint density at radius 1 is 1.11 bits per heavy atom. The van der Waals surface area contributed by atoms with Crippen molar-refractivity contribution < 1.29 is 28.8 Å². The summed E-state index contributed by atoms with van der Waals surface area (Å²) in [4.78, 5) is 58.0. The molecule has 146 valence electrons. The first kappa shape index (κ1) is 19.5. The van der Waals surface area contributed by atoms with Gasteiger partial charge in [-0.3, -0.25) is 14.9 Å². The summed E-state index contributed by atoms with van der Waals surface area (Å²) in [6, 6.07) is 6.17. The number of carbonyl (C=O) groups excluding carboxylic acids is 4. The van der Waals surface area contributed by atoms with Crippen LogP contribution in [0.3, 0.4) is 0 Å². The van der Waals surface area contributed by atoms with Gasteiger partial charge in [-0.05, 0) is 39.8 Å². The zero-order chi connectivity index (χ0) is 20.6. The largest absolute Gasteiger partial charge is 0.444 e. The van der Waals surface area contributed by atoms with E-state index in [4.69, 9.17) is 9.57 Å². The third-order valence-corrected chi connectivity index (χ3v) is 4.57. The molecule has 1 aromatic carbocycles. The lowest BCUT2D eigenvalue weighted by molar-refractivity contribution is -0.0581. The molecule has 3 rings (SSSR count). The zero-order valence-corrected chi connectivity index (χ0v) is 16.4. The average Bonchev–Trinajstić information content (AvgIpc) is 3.06. The third kappa shape index (κ3) is 3.86. The van der Waals surface area contributed by atoms with Gasteiger partial charge in [-0.15, -0.1) is 0 Å². The van der Waals surface area contributed by atoms with Crippen LogP contribution in [0.15, 0.2) is 24.3 Å². The van der Waals surface area contributed by atoms with Crippen molar-refractivity contribution in [1.82, 2.24) is 10.0 Å². The molecule has 28 heavy (non-hydrogen) atoms. The quantitative estimate of drug-likeness (QED) is 0.783. The number of hydrogen-bond donors (Lipinski definition) is 1. The topological polar surface area (TPSA) is 115 Å². The van der Waals surface area contributed by atoms with Gasteiger partial charge in [0, 0.05) is 0 Å². The van der Waals surface area contributed by atoms with E-state index in [1.165, 1.54) is 19.1 Å². The molecule has 1 aromatic heterocycles. The summed E-state index contributed by atoms with van der Waals surface area (Å²) in [5.41, 5.74) is -0.0937. The normalized spacial score (nSPS) is 13.4. The van der Waals surface area contributed by atoms with E-state index in [0.29, 0.717) is 5.06 Å². The molecule has 3 amide bonds. The molecule has 2 aromatic rings. The van der Waals surface area contributed by atoms with Crippen LogP contribution in [0.1, 0.15) is 56.9 Å². The number of thiazole rings is 1. The summed E-state index contributed by atoms with van der Waals surface area (Å²) in [6.07, 6.45) is -0.721. The van der Waals surface area contributed by atoms with Crippen LogP contribution in [0.25, 0.3) is 0 Å². The second-order valence-corrected chi connectivity index (χ2v) is 7.89. The van der Waals surface area contributed by atoms with Crippen molar-refractivity contribution in [2.75, 3.05) is 5.32 Å². The molecule has 0 bridgehead atoms. The zero-order valence-electron chi connectivity index (χ0n) is 15.6. The molecule has 0 aliphatic carbocycles. The van der Waals surface area contributed by atoms with Gasteiger partial charge in [0.1, 0.15) is 10.5 Å². The minimum atomic E-state index is -0.929. The van der Waals surface area contributed by atoms with Gasteiger partial charge in [-0.2, -0.15) is 0 Å². The molecule has 0 saturated carbocycles. The van der Waals surface area contributed by atoms with E-state index in [9.17, 15) is 19.2 Å². The highest BCUT2D eigenvalue weighted by Crippen LogP contribution is 2.27. The Hall–Kier alpha value is -3.27. The number of benzene rings is 1. The molecule has 1 N–H and O–H groups in total. The Bertz CT molecular complexity index is 956. The molecular weight excluding hydrogens is 386 g/mol. The van der Waals surface area contributed by atoms with Crippen LogP contribution < -0.4 is 5.32 Å². The number of rotatable bonds is 3. The number of hydrogen-bond acceptors (Lipinski definition) is 8. The maximum absolute atomic E-state index is 12.4. The highest BCUT2D eigenvalue weighted by molar-refractivity contribution is 7.17. The molecular formula is C18H17N3O6S. The second-order valence-electron chi connectivity index (χ2n) is 6.89. The van der Waals surface area contributed by atoms with E-state index >= 15 is 0 Å². The SMILES string of the molecule is Cc1nc(NC(=O)OC(C)(C)C)sc1C(=O)ON1C(=O)c2ccccc2C1=O. The van der Waals surface area contributed by atoms with E-state index in [0.717, 1.165) is 11.3 Å². The molecule has 0 saturated heterocycles. The fourth-order valence-electron chi connectivity index (χ4n) is 2.40. The van der Waals surface area contributed by atoms with Gasteiger partial charge >= 0.3 is 12.1 Å². The van der Waals surface area contributed by atoms with Crippen molar-refractivity contribution in [1.29, 1.82) is 0 Å². The molecule has 9 nitrogen and oxygen atoms in total. The first-order chi connectivity index (χ1) is 13.1. The van der Waals surface area contributed by atoms with E-state index in [1.807, 2.05) is 0 Å². The van der Waals surface area contributed by atoms with E-state index in [2.05, 4.69) is 10.3 Å². The summed E-state index contributed by atoms with van der Waals surface area (Å²) in [5, 5.41) is 2.98. The molecule has 0 unspecified atom stereocenters. The Balaban J connectivity index is 1.72. The van der Waals surface area contributed by atoms with Crippen LogP contribution in [0, 0.1) is 6.92 Å². The van der Waals surface area contributed by atoms with Crippen LogP contribution in [-0.4, -0.2) is 39.5 Å². The first-order valence-electron chi connectivity index (χ1n) is 8.24. The van der Waals surface area contributed by atoms with Crippen molar-refractivity contribution in [3.05, 3.63) is 46.0 Å². The van der Waals surface area contributed by atoms with Crippen molar-refractivity contribution in [2.24, 2.45) is 0 Å². The maximum Gasteiger partial charge on any atom is 0.413 e. The molecule has 0 fully saturated rings. The summed E-state index contributed by atoms with van der Waals surface area (Å²) >= 11 is 0.845. The standard InChI is InChI=1S/C18H17N3O6S/c1-9-12(28-16(19-9)20-17(25)26-18(2,3)4)15(24)27-21-13(22)10-7-5-6-8-11(10)14(21)23/h5-8H,1-4H3,(H,19,20,25). The molecule has 2 heterocycles. The van der Waals surface area contributed by atoms with Gasteiger partial charge in [0.05, 0.1) is 16.8 Å². The Kier molecular flexibility index (Phi) is 4.90. The third-order valence-electron chi connectivity index (χ3n) is 3.52. The minimum Gasteiger partial charge on any atom is -0.444 e. The molecule has 10 heteroatoms. The van der Waals surface area contributed by atoms with Gasteiger partial charge in [0.15, 0.2) is 5.13 Å². The Labute approximate surface area is 164 Å². The fourth-order valence-corrected chi connectivity index (χ4v) is 3.23. The number of imide groups is 1. The lowest BCUT2D eigenvalue weighted by Crippen LogP contribution is -2.32. The van der Waals surface area contributed by atoms with E-state index in [1.54, 1.807) is 32.9 Å². The van der Waals surface area contributed by atoms with Gasteiger partial charge < -0.3 is 9.57 Å². The van der Waals surface area contributed by atoms with Crippen LogP contribution in [0.2, 0.25) is 0 Å². The van der Waals surface area contributed by atoms with Gasteiger partial charge in [-0.1, -0.05) is 28.5 Å². The van der Waals surface area contributed by atoms with Crippen molar-refractivity contribution in [3.63, 3.8) is 0 Å². The summed E-state index contributed by atoms with van der Waals surface area (Å²) in [5.74, 6) is -2.37. The average molecular weight is 403 g/mol. The second kappa shape index (κ2) is 7.04. The van der Waals surface area contributed by atoms with Gasteiger partial charge in [-0.25, -0.2) is 14.6 Å². The van der Waals surface area contributed by atoms with Crippen LogP contribution in [0.5, 0.6) is 0 Å². The Morgan fingerprint density at radius 3 is 2.21 bits per heavy atom. The van der Waals surface area contributed by atoms with Crippen LogP contribution >= 0.6 is 11.3 Å². The summed E-state index contributed by atoms with van der Waals surface area (Å²) < 4.78 is 5.13. The molecule has 1 aliphatic heterocycles. The monoisotopic (exact) mass is 403 g/mol. The number of hydroxylamine groups is 2. The number of ether oxygens (including phenoxy) is 1. The highest BCUT2D eigenvalue weighted by atomic mass is 32.1. The molecule has 1 aliphatic rings. The predicted molar refractivity (Wildman–Crippen MR) is 99.1 cm³/mol. The number of aromatic nitrogens is 1. The predicted octanol–water partition coefficient (Wildman–Crippen LogP) is 3.17. The van der Waals surface area contributed by atoms with Gasteiger partial charge in [0.2, 0.25) is 0 Å². The van der Waals surface area contributed by atoms with E-state index in [-0.39, 0.29) is 26.8 Å². The van der Waals surface area contributed by atoms with Crippen LogP contribution in [-0.2, 0) is 9.57 Å². The Morgan fingerprint density at radius 2 is 1.68 bits per heavy atom. The summed E-state index contributed by atoms with van der Waals surface area (Å²) in [7, 11) is 0. The molecule has 0 radical (unpaired) electrons. The molecule has 0 atom stereocenters. The van der Waals surface area contributed by atoms with Crippen LogP contribution in [0.4, 0.5) is 9.93 Å². The van der Waals surface area contributed by atoms with E-state index < -0.39 is 29.5 Å². The number of aryl methyl sites for hydroxylation is 1. The maximum atomic E-state index is 12.4. The number of nitrogens with zero attached hydrogens (tertiary/aromatic N) is 2. The van der Waals surface area contributed by atoms with Gasteiger partial charge in [0.25, 0.3) is 11.8 Å². The molecule has 0 spiro atoms. The lowest BCUT2D eigenvalue weighted by Gasteiger charge is -2.18. The number of carbonyl (C=O) groups is 4.